The van der Waals surface area contributed by atoms with E-state index in [0.29, 0.717) is 5.92 Å². The summed E-state index contributed by atoms with van der Waals surface area (Å²) in [5.41, 5.74) is 4.01. The Morgan fingerprint density at radius 1 is 1.29 bits per heavy atom. The molecule has 0 aliphatic carbocycles. The van der Waals surface area contributed by atoms with Crippen LogP contribution in [-0.4, -0.2) is 18.8 Å². The molecule has 3 rings (SSSR count). The highest BCUT2D eigenvalue weighted by molar-refractivity contribution is 5.51. The monoisotopic (exact) mass is 283 g/mol. The molecule has 1 aliphatic heterocycles. The lowest BCUT2D eigenvalue weighted by molar-refractivity contribution is 0.354. The van der Waals surface area contributed by atoms with E-state index in [2.05, 4.69) is 41.6 Å². The average molecular weight is 283 g/mol. The molecule has 0 amide bonds. The molecule has 0 fully saturated rings. The molecule has 1 aromatic carbocycles. The summed E-state index contributed by atoms with van der Waals surface area (Å²) in [6.07, 6.45) is 6.08. The number of fused-ring (bicyclic) bond motifs is 2. The van der Waals surface area contributed by atoms with Gasteiger partial charge in [0.1, 0.15) is 0 Å². The van der Waals surface area contributed by atoms with E-state index < -0.39 is 0 Å². The number of rotatable bonds is 4. The number of aryl methyl sites for hydroxylation is 2. The minimum absolute atomic E-state index is 0.329. The van der Waals surface area contributed by atoms with Gasteiger partial charge in [-0.1, -0.05) is 6.08 Å². The number of nitrogens with zero attached hydrogens (tertiary/aromatic N) is 1. The highest BCUT2D eigenvalue weighted by Gasteiger charge is 2.24. The summed E-state index contributed by atoms with van der Waals surface area (Å²) in [5.74, 6) is 1.93. The van der Waals surface area contributed by atoms with Crippen molar-refractivity contribution in [3.8, 4) is 11.5 Å². The molecule has 3 heteroatoms. The van der Waals surface area contributed by atoms with Gasteiger partial charge in [-0.15, -0.1) is 6.58 Å². The molecule has 0 spiro atoms. The molecular formula is C18H21NO2. The zero-order valence-electron chi connectivity index (χ0n) is 12.6. The molecule has 3 nitrogen and oxygen atoms in total. The van der Waals surface area contributed by atoms with Crippen molar-refractivity contribution in [1.82, 2.24) is 4.57 Å². The molecule has 0 saturated carbocycles. The first-order chi connectivity index (χ1) is 10.3. The van der Waals surface area contributed by atoms with Gasteiger partial charge >= 0.3 is 0 Å². The van der Waals surface area contributed by atoms with Crippen molar-refractivity contribution < 1.29 is 9.47 Å². The Hall–Kier alpha value is -2.16. The Morgan fingerprint density at radius 3 is 2.76 bits per heavy atom. The number of hydrogen-bond acceptors (Lipinski definition) is 2. The van der Waals surface area contributed by atoms with E-state index in [9.17, 15) is 0 Å². The number of allylic oxidation sites excluding steroid dienone is 1. The van der Waals surface area contributed by atoms with E-state index in [1.807, 2.05) is 6.08 Å². The molecule has 1 aliphatic rings. The lowest BCUT2D eigenvalue weighted by Gasteiger charge is -2.19. The summed E-state index contributed by atoms with van der Waals surface area (Å²) < 4.78 is 13.3. The molecule has 110 valence electrons. The van der Waals surface area contributed by atoms with Crippen molar-refractivity contribution in [1.29, 1.82) is 0 Å². The average Bonchev–Trinajstić information content (AvgIpc) is 2.93. The van der Waals surface area contributed by atoms with E-state index in [4.69, 9.17) is 9.47 Å². The molecule has 21 heavy (non-hydrogen) atoms. The SMILES string of the molecule is C=CCC1c2cc(OC)c(OC)cc2CCn2cccc21. The van der Waals surface area contributed by atoms with Crippen LogP contribution >= 0.6 is 0 Å². The lowest BCUT2D eigenvalue weighted by Crippen LogP contribution is -2.05. The van der Waals surface area contributed by atoms with Gasteiger partial charge < -0.3 is 14.0 Å². The molecule has 0 N–H and O–H groups in total. The first-order valence-electron chi connectivity index (χ1n) is 7.29. The second kappa shape index (κ2) is 5.68. The Balaban J connectivity index is 2.17. The Bertz CT molecular complexity index is 657. The molecule has 0 bridgehead atoms. The van der Waals surface area contributed by atoms with Crippen molar-refractivity contribution in [2.24, 2.45) is 0 Å². The minimum atomic E-state index is 0.329. The van der Waals surface area contributed by atoms with E-state index in [-0.39, 0.29) is 0 Å². The van der Waals surface area contributed by atoms with Crippen LogP contribution in [0.5, 0.6) is 11.5 Å². The third-order valence-electron chi connectivity index (χ3n) is 4.27. The molecule has 0 saturated heterocycles. The van der Waals surface area contributed by atoms with Crippen molar-refractivity contribution in [3.05, 3.63) is 59.9 Å². The lowest BCUT2D eigenvalue weighted by atomic mass is 9.88. The first-order valence-corrected chi connectivity index (χ1v) is 7.29. The van der Waals surface area contributed by atoms with Crippen LogP contribution < -0.4 is 9.47 Å². The molecule has 1 atom stereocenters. The van der Waals surface area contributed by atoms with Gasteiger partial charge in [-0.25, -0.2) is 0 Å². The van der Waals surface area contributed by atoms with Crippen LogP contribution in [0, 0.1) is 0 Å². The van der Waals surface area contributed by atoms with Crippen LogP contribution in [-0.2, 0) is 13.0 Å². The second-order valence-electron chi connectivity index (χ2n) is 5.36. The maximum absolute atomic E-state index is 5.48. The largest absolute Gasteiger partial charge is 0.493 e. The van der Waals surface area contributed by atoms with E-state index in [1.54, 1.807) is 14.2 Å². The van der Waals surface area contributed by atoms with Crippen molar-refractivity contribution in [2.75, 3.05) is 14.2 Å². The molecular weight excluding hydrogens is 262 g/mol. The highest BCUT2D eigenvalue weighted by Crippen LogP contribution is 2.40. The third-order valence-corrected chi connectivity index (χ3v) is 4.27. The summed E-state index contributed by atoms with van der Waals surface area (Å²) >= 11 is 0. The summed E-state index contributed by atoms with van der Waals surface area (Å²) in [7, 11) is 3.37. The summed E-state index contributed by atoms with van der Waals surface area (Å²) in [4.78, 5) is 0. The summed E-state index contributed by atoms with van der Waals surface area (Å²) in [5, 5.41) is 0. The number of benzene rings is 1. The first kappa shape index (κ1) is 13.8. The van der Waals surface area contributed by atoms with Crippen LogP contribution in [0.3, 0.4) is 0 Å². The maximum atomic E-state index is 5.48. The van der Waals surface area contributed by atoms with Crippen LogP contribution in [0.25, 0.3) is 0 Å². The van der Waals surface area contributed by atoms with Gasteiger partial charge in [-0.05, 0) is 48.2 Å². The van der Waals surface area contributed by atoms with Gasteiger partial charge in [0.05, 0.1) is 14.2 Å². The van der Waals surface area contributed by atoms with Crippen molar-refractivity contribution >= 4 is 0 Å². The van der Waals surface area contributed by atoms with Gasteiger partial charge in [-0.3, -0.25) is 0 Å². The fraction of sp³-hybridized carbons (Fsp3) is 0.333. The third kappa shape index (κ3) is 2.33. The highest BCUT2D eigenvalue weighted by atomic mass is 16.5. The Morgan fingerprint density at radius 2 is 2.05 bits per heavy atom. The quantitative estimate of drug-likeness (QED) is 0.797. The van der Waals surface area contributed by atoms with E-state index in [1.165, 1.54) is 16.8 Å². The minimum Gasteiger partial charge on any atom is -0.493 e. The molecule has 1 unspecified atom stereocenters. The standard InChI is InChI=1S/C18H21NO2/c1-4-6-14-15-12-18(21-3)17(20-2)11-13(15)8-10-19-9-5-7-16(14)19/h4-5,7,9,11-12,14H,1,6,8,10H2,2-3H3. The Kier molecular flexibility index (Phi) is 3.74. The zero-order valence-corrected chi connectivity index (χ0v) is 12.6. The molecule has 2 heterocycles. The van der Waals surface area contributed by atoms with Gasteiger partial charge in [0.25, 0.3) is 0 Å². The smallest absolute Gasteiger partial charge is 0.161 e. The van der Waals surface area contributed by atoms with Gasteiger partial charge in [-0.2, -0.15) is 0 Å². The number of hydrogen-bond donors (Lipinski definition) is 0. The van der Waals surface area contributed by atoms with Crippen molar-refractivity contribution in [3.63, 3.8) is 0 Å². The van der Waals surface area contributed by atoms with Crippen LogP contribution in [0.2, 0.25) is 0 Å². The fourth-order valence-electron chi connectivity index (χ4n) is 3.24. The van der Waals surface area contributed by atoms with Gasteiger partial charge in [0, 0.05) is 24.4 Å². The fourth-order valence-corrected chi connectivity index (χ4v) is 3.24. The van der Waals surface area contributed by atoms with Crippen LogP contribution in [0.4, 0.5) is 0 Å². The van der Waals surface area contributed by atoms with Crippen LogP contribution in [0.1, 0.15) is 29.2 Å². The summed E-state index contributed by atoms with van der Waals surface area (Å²) in [6, 6.07) is 8.58. The van der Waals surface area contributed by atoms with Crippen molar-refractivity contribution in [2.45, 2.75) is 25.3 Å². The maximum Gasteiger partial charge on any atom is 0.161 e. The van der Waals surface area contributed by atoms with Crippen LogP contribution in [0.15, 0.2) is 43.1 Å². The zero-order chi connectivity index (χ0) is 14.8. The predicted octanol–water partition coefficient (Wildman–Crippen LogP) is 3.77. The number of methoxy groups -OCH3 is 2. The number of ether oxygens (including phenoxy) is 2. The van der Waals surface area contributed by atoms with Gasteiger partial charge in [0.2, 0.25) is 0 Å². The predicted molar refractivity (Wildman–Crippen MR) is 84.3 cm³/mol. The summed E-state index contributed by atoms with van der Waals surface area (Å²) in [6.45, 7) is 4.93. The molecule has 2 aromatic rings. The van der Waals surface area contributed by atoms with Gasteiger partial charge in [0.15, 0.2) is 11.5 Å². The topological polar surface area (TPSA) is 23.4 Å². The van der Waals surface area contributed by atoms with E-state index in [0.717, 1.165) is 30.9 Å². The molecule has 1 aromatic heterocycles. The number of aromatic nitrogens is 1. The molecule has 0 radical (unpaired) electrons. The Labute approximate surface area is 125 Å². The van der Waals surface area contributed by atoms with E-state index >= 15 is 0 Å². The normalized spacial score (nSPS) is 16.6. The second-order valence-corrected chi connectivity index (χ2v) is 5.36.